The number of rotatable bonds is 16. The minimum absolute atomic E-state index is 0.00634. The summed E-state index contributed by atoms with van der Waals surface area (Å²) in [5.41, 5.74) is 12.5. The summed E-state index contributed by atoms with van der Waals surface area (Å²) < 4.78 is 0. The van der Waals surface area contributed by atoms with Crippen LogP contribution in [0.25, 0.3) is 0 Å². The molecule has 5 unspecified atom stereocenters. The van der Waals surface area contributed by atoms with Crippen LogP contribution in [0.15, 0.2) is 48.5 Å². The number of carbonyl (C=O) groups excluding carboxylic acids is 3. The second-order valence-corrected chi connectivity index (χ2v) is 9.81. The number of aliphatic carboxylic acids is 1. The Morgan fingerprint density at radius 1 is 0.732 bits per heavy atom. The third-order valence-corrected chi connectivity index (χ3v) is 6.40. The highest BCUT2D eigenvalue weighted by Gasteiger charge is 2.31. The molecule has 2 aromatic rings. The van der Waals surface area contributed by atoms with Gasteiger partial charge in [0.25, 0.3) is 0 Å². The lowest BCUT2D eigenvalue weighted by molar-refractivity contribution is -0.142. The molecule has 0 bridgehead atoms. The van der Waals surface area contributed by atoms with E-state index in [1.807, 2.05) is 0 Å². The number of carboxylic acids is 1. The van der Waals surface area contributed by atoms with Gasteiger partial charge < -0.3 is 47.8 Å². The van der Waals surface area contributed by atoms with Gasteiger partial charge in [-0.25, -0.2) is 4.79 Å². The minimum Gasteiger partial charge on any atom is -0.508 e. The second-order valence-electron chi connectivity index (χ2n) is 9.81. The van der Waals surface area contributed by atoms with Gasteiger partial charge in [-0.1, -0.05) is 24.3 Å². The fraction of sp³-hybridized carbons (Fsp3) is 0.429. The first-order valence-corrected chi connectivity index (χ1v) is 13.2. The van der Waals surface area contributed by atoms with Gasteiger partial charge in [0.2, 0.25) is 17.7 Å². The van der Waals surface area contributed by atoms with E-state index in [-0.39, 0.29) is 30.8 Å². The molecule has 11 N–H and O–H groups in total. The number of carbonyl (C=O) groups is 4. The molecule has 5 atom stereocenters. The quantitative estimate of drug-likeness (QED) is 0.114. The predicted molar refractivity (Wildman–Crippen MR) is 150 cm³/mol. The van der Waals surface area contributed by atoms with Crippen LogP contribution in [-0.2, 0) is 32.0 Å². The third kappa shape index (κ3) is 11.1. The molecular formula is C28H39N5O8. The maximum absolute atomic E-state index is 13.4. The lowest BCUT2D eigenvalue weighted by atomic mass is 10.0. The number of hydrogen-bond donors (Lipinski definition) is 9. The normalized spacial score (nSPS) is 14.6. The Morgan fingerprint density at radius 2 is 1.17 bits per heavy atom. The summed E-state index contributed by atoms with van der Waals surface area (Å²) in [5, 5.41) is 46.1. The number of nitrogens with two attached hydrogens (primary N) is 2. The van der Waals surface area contributed by atoms with Crippen molar-refractivity contribution in [1.82, 2.24) is 16.0 Å². The molecular weight excluding hydrogens is 534 g/mol. The van der Waals surface area contributed by atoms with Gasteiger partial charge in [0.15, 0.2) is 0 Å². The Hall–Kier alpha value is -4.20. The van der Waals surface area contributed by atoms with Crippen molar-refractivity contribution in [3.05, 3.63) is 59.7 Å². The molecule has 0 radical (unpaired) electrons. The molecule has 0 saturated carbocycles. The van der Waals surface area contributed by atoms with Crippen LogP contribution in [0.4, 0.5) is 0 Å². The molecule has 0 saturated heterocycles. The van der Waals surface area contributed by atoms with E-state index in [2.05, 4.69) is 16.0 Å². The molecule has 0 aliphatic carbocycles. The molecule has 13 nitrogen and oxygen atoms in total. The summed E-state index contributed by atoms with van der Waals surface area (Å²) in [7, 11) is 0. The fourth-order valence-electron chi connectivity index (χ4n) is 3.94. The Labute approximate surface area is 237 Å². The molecule has 0 aliphatic rings. The molecule has 0 aromatic heterocycles. The Kier molecular flexibility index (Phi) is 13.0. The van der Waals surface area contributed by atoms with Crippen molar-refractivity contribution < 1.29 is 39.6 Å². The lowest BCUT2D eigenvalue weighted by Crippen LogP contribution is -2.58. The van der Waals surface area contributed by atoms with E-state index in [9.17, 15) is 39.6 Å². The van der Waals surface area contributed by atoms with Crippen LogP contribution in [0, 0.1) is 0 Å². The molecule has 2 aromatic carbocycles. The Morgan fingerprint density at radius 3 is 1.63 bits per heavy atom. The molecule has 224 valence electrons. The zero-order valence-electron chi connectivity index (χ0n) is 22.8. The van der Waals surface area contributed by atoms with Gasteiger partial charge >= 0.3 is 5.97 Å². The first-order chi connectivity index (χ1) is 19.4. The van der Waals surface area contributed by atoms with Crippen molar-refractivity contribution in [1.29, 1.82) is 0 Å². The monoisotopic (exact) mass is 573 g/mol. The number of phenols is 2. The smallest absolute Gasteiger partial charge is 0.326 e. The topological polar surface area (TPSA) is 237 Å². The maximum atomic E-state index is 13.4. The number of carboxylic acid groups (broad SMARTS) is 1. The standard InChI is InChI=1S/C28H39N5O8/c1-16(34)24(30)27(39)32-22(14-17-5-9-19(35)10-6-17)26(38)31-21(4-2-3-13-29)25(37)33-23(28(40)41)15-18-7-11-20(36)12-8-18/h5-12,16,21-24,34-36H,2-4,13-15,29-30H2,1H3,(H,31,38)(H,32,39)(H,33,37)(H,40,41). The highest BCUT2D eigenvalue weighted by molar-refractivity contribution is 5.94. The van der Waals surface area contributed by atoms with E-state index in [0.29, 0.717) is 30.5 Å². The van der Waals surface area contributed by atoms with Crippen molar-refractivity contribution in [2.45, 2.75) is 69.3 Å². The highest BCUT2D eigenvalue weighted by atomic mass is 16.4. The number of amides is 3. The van der Waals surface area contributed by atoms with E-state index in [1.165, 1.54) is 43.3 Å². The molecule has 0 aliphatic heterocycles. The van der Waals surface area contributed by atoms with Crippen molar-refractivity contribution in [2.75, 3.05) is 6.54 Å². The van der Waals surface area contributed by atoms with E-state index in [4.69, 9.17) is 11.5 Å². The molecule has 13 heteroatoms. The van der Waals surface area contributed by atoms with Crippen LogP contribution < -0.4 is 27.4 Å². The average Bonchev–Trinajstić information content (AvgIpc) is 2.93. The van der Waals surface area contributed by atoms with Gasteiger partial charge in [-0.15, -0.1) is 0 Å². The summed E-state index contributed by atoms with van der Waals surface area (Å²) in [5.74, 6) is -3.53. The zero-order chi connectivity index (χ0) is 30.5. The average molecular weight is 574 g/mol. The van der Waals surface area contributed by atoms with Crippen molar-refractivity contribution in [3.63, 3.8) is 0 Å². The molecule has 0 heterocycles. The van der Waals surface area contributed by atoms with Crippen molar-refractivity contribution >= 4 is 23.7 Å². The van der Waals surface area contributed by atoms with Crippen molar-refractivity contribution in [3.8, 4) is 11.5 Å². The predicted octanol–water partition coefficient (Wildman–Crippen LogP) is -0.741. The van der Waals surface area contributed by atoms with Crippen LogP contribution in [0.2, 0.25) is 0 Å². The molecule has 3 amide bonds. The van der Waals surface area contributed by atoms with Gasteiger partial charge in [-0.2, -0.15) is 0 Å². The van der Waals surface area contributed by atoms with Crippen LogP contribution >= 0.6 is 0 Å². The number of unbranched alkanes of at least 4 members (excludes halogenated alkanes) is 1. The van der Waals surface area contributed by atoms with Gasteiger partial charge in [0, 0.05) is 12.8 Å². The Balaban J connectivity index is 2.24. The van der Waals surface area contributed by atoms with E-state index in [1.54, 1.807) is 12.1 Å². The van der Waals surface area contributed by atoms with E-state index >= 15 is 0 Å². The number of hydrogen-bond acceptors (Lipinski definition) is 9. The first-order valence-electron chi connectivity index (χ1n) is 13.2. The number of nitrogens with one attached hydrogen (secondary N) is 3. The number of phenolic OH excluding ortho intramolecular Hbond substituents is 2. The summed E-state index contributed by atoms with van der Waals surface area (Å²) in [6.45, 7) is 1.67. The number of aliphatic hydroxyl groups excluding tert-OH is 1. The summed E-state index contributed by atoms with van der Waals surface area (Å²) in [4.78, 5) is 51.2. The van der Waals surface area contributed by atoms with Crippen LogP contribution in [0.5, 0.6) is 11.5 Å². The van der Waals surface area contributed by atoms with Gasteiger partial charge in [0.1, 0.15) is 35.7 Å². The van der Waals surface area contributed by atoms with Gasteiger partial charge in [-0.05, 0) is 68.1 Å². The van der Waals surface area contributed by atoms with Crippen LogP contribution in [0.3, 0.4) is 0 Å². The lowest BCUT2D eigenvalue weighted by Gasteiger charge is -2.26. The Bertz CT molecular complexity index is 1160. The van der Waals surface area contributed by atoms with Crippen LogP contribution in [-0.4, -0.2) is 80.9 Å². The van der Waals surface area contributed by atoms with E-state index < -0.39 is 54.0 Å². The summed E-state index contributed by atoms with van der Waals surface area (Å²) in [6, 6.07) is 6.81. The van der Waals surface area contributed by atoms with Gasteiger partial charge in [0.05, 0.1) is 6.10 Å². The fourth-order valence-corrected chi connectivity index (χ4v) is 3.94. The minimum atomic E-state index is -1.32. The number of aromatic hydroxyl groups is 2. The first kappa shape index (κ1) is 33.0. The van der Waals surface area contributed by atoms with E-state index in [0.717, 1.165) is 0 Å². The maximum Gasteiger partial charge on any atom is 0.326 e. The number of benzene rings is 2. The molecule has 0 spiro atoms. The number of aliphatic hydroxyl groups is 1. The summed E-state index contributed by atoms with van der Waals surface area (Å²) >= 11 is 0. The van der Waals surface area contributed by atoms with Crippen LogP contribution in [0.1, 0.15) is 37.3 Å². The molecule has 41 heavy (non-hydrogen) atoms. The molecule has 0 fully saturated rings. The highest BCUT2D eigenvalue weighted by Crippen LogP contribution is 2.14. The SMILES string of the molecule is CC(O)C(N)C(=O)NC(Cc1ccc(O)cc1)C(=O)NC(CCCCN)C(=O)NC(Cc1ccc(O)cc1)C(=O)O. The van der Waals surface area contributed by atoms with Gasteiger partial charge in [-0.3, -0.25) is 14.4 Å². The second kappa shape index (κ2) is 16.2. The molecule has 2 rings (SSSR count). The largest absolute Gasteiger partial charge is 0.508 e. The summed E-state index contributed by atoms with van der Waals surface area (Å²) in [6.07, 6.45) is -0.141. The third-order valence-electron chi connectivity index (χ3n) is 6.40. The zero-order valence-corrected chi connectivity index (χ0v) is 22.8. The van der Waals surface area contributed by atoms with Crippen molar-refractivity contribution in [2.24, 2.45) is 11.5 Å².